The van der Waals surface area contributed by atoms with Crippen molar-refractivity contribution >= 4 is 23.6 Å². The van der Waals surface area contributed by atoms with Crippen LogP contribution in [0.1, 0.15) is 15.9 Å². The smallest absolute Gasteiger partial charge is 0.251 e. The van der Waals surface area contributed by atoms with E-state index in [1.807, 2.05) is 17.5 Å². The monoisotopic (exact) mass is 221 g/mol. The maximum atomic E-state index is 11.3. The zero-order valence-electron chi connectivity index (χ0n) is 8.20. The summed E-state index contributed by atoms with van der Waals surface area (Å²) in [6.45, 7) is 0. The van der Waals surface area contributed by atoms with Crippen molar-refractivity contribution in [1.82, 2.24) is 15.6 Å². The second-order valence-corrected chi connectivity index (χ2v) is 3.71. The third kappa shape index (κ3) is 2.14. The van der Waals surface area contributed by atoms with E-state index < -0.39 is 0 Å². The molecule has 0 atom stereocenters. The number of carbonyl (C=O) groups is 1. The van der Waals surface area contributed by atoms with Gasteiger partial charge in [-0.05, 0) is 29.6 Å². The van der Waals surface area contributed by atoms with Crippen molar-refractivity contribution in [2.75, 3.05) is 7.05 Å². The summed E-state index contributed by atoms with van der Waals surface area (Å²) in [7, 11) is 1.62. The van der Waals surface area contributed by atoms with Gasteiger partial charge in [-0.3, -0.25) is 4.79 Å². The van der Waals surface area contributed by atoms with E-state index >= 15 is 0 Å². The number of rotatable bonds is 2. The molecule has 0 aromatic heterocycles. The molecule has 3 N–H and O–H groups in total. The van der Waals surface area contributed by atoms with Crippen LogP contribution >= 0.6 is 11.9 Å². The number of carbonyl (C=O) groups excluding carboxylic acids is 1. The first kappa shape index (κ1) is 10.1. The van der Waals surface area contributed by atoms with Crippen molar-refractivity contribution in [2.24, 2.45) is 0 Å². The fourth-order valence-corrected chi connectivity index (χ4v) is 1.83. The van der Waals surface area contributed by atoms with Crippen LogP contribution in [-0.2, 0) is 0 Å². The molecule has 1 aromatic rings. The molecule has 1 aliphatic heterocycles. The van der Waals surface area contributed by atoms with Crippen LogP contribution in [0.25, 0.3) is 5.70 Å². The zero-order chi connectivity index (χ0) is 10.7. The minimum Gasteiger partial charge on any atom is -0.355 e. The van der Waals surface area contributed by atoms with Gasteiger partial charge in [0.15, 0.2) is 0 Å². The Balaban J connectivity index is 2.20. The van der Waals surface area contributed by atoms with Crippen LogP contribution in [-0.4, -0.2) is 13.0 Å². The fraction of sp³-hybridized carbons (Fsp3) is 0.100. The number of hydrogen-bond acceptors (Lipinski definition) is 4. The number of benzene rings is 1. The van der Waals surface area contributed by atoms with Crippen molar-refractivity contribution in [3.63, 3.8) is 0 Å². The summed E-state index contributed by atoms with van der Waals surface area (Å²) in [6.07, 6.45) is 0. The van der Waals surface area contributed by atoms with Gasteiger partial charge < -0.3 is 10.7 Å². The molecule has 78 valence electrons. The SMILES string of the molecule is CNC(=O)c1ccc(C2=CSNN2)cc1. The molecule has 0 saturated heterocycles. The zero-order valence-corrected chi connectivity index (χ0v) is 9.02. The van der Waals surface area contributed by atoms with Crippen LogP contribution in [0.15, 0.2) is 29.7 Å². The van der Waals surface area contributed by atoms with Crippen molar-refractivity contribution < 1.29 is 4.79 Å². The Bertz CT molecular complexity index is 400. The molecule has 15 heavy (non-hydrogen) atoms. The Hall–Kier alpha value is -1.46. The first-order valence-corrected chi connectivity index (χ1v) is 5.38. The maximum absolute atomic E-state index is 11.3. The molecule has 1 heterocycles. The Kier molecular flexibility index (Phi) is 2.94. The Morgan fingerprint density at radius 3 is 2.60 bits per heavy atom. The van der Waals surface area contributed by atoms with Crippen LogP contribution in [0.5, 0.6) is 0 Å². The summed E-state index contributed by atoms with van der Waals surface area (Å²) in [6, 6.07) is 7.44. The van der Waals surface area contributed by atoms with Gasteiger partial charge >= 0.3 is 0 Å². The lowest BCUT2D eigenvalue weighted by molar-refractivity contribution is 0.0963. The van der Waals surface area contributed by atoms with Crippen molar-refractivity contribution in [2.45, 2.75) is 0 Å². The second kappa shape index (κ2) is 4.37. The molecule has 0 unspecified atom stereocenters. The molecular weight excluding hydrogens is 210 g/mol. The van der Waals surface area contributed by atoms with Gasteiger partial charge in [0, 0.05) is 18.0 Å². The van der Waals surface area contributed by atoms with Crippen LogP contribution in [0.3, 0.4) is 0 Å². The van der Waals surface area contributed by atoms with Gasteiger partial charge in [-0.25, -0.2) is 0 Å². The van der Waals surface area contributed by atoms with E-state index in [1.165, 1.54) is 11.9 Å². The van der Waals surface area contributed by atoms with E-state index in [0.717, 1.165) is 11.3 Å². The fourth-order valence-electron chi connectivity index (χ4n) is 1.29. The molecule has 1 aromatic carbocycles. The highest BCUT2D eigenvalue weighted by Gasteiger charge is 2.07. The van der Waals surface area contributed by atoms with E-state index in [9.17, 15) is 4.79 Å². The Labute approximate surface area is 92.2 Å². The van der Waals surface area contributed by atoms with Crippen LogP contribution in [0.4, 0.5) is 0 Å². The van der Waals surface area contributed by atoms with Gasteiger partial charge in [0.1, 0.15) is 0 Å². The molecule has 1 amide bonds. The molecule has 4 nitrogen and oxygen atoms in total. The summed E-state index contributed by atoms with van der Waals surface area (Å²) in [5, 5.41) is 4.57. The lowest BCUT2D eigenvalue weighted by Gasteiger charge is -2.04. The topological polar surface area (TPSA) is 53.2 Å². The summed E-state index contributed by atoms with van der Waals surface area (Å²) < 4.78 is 0. The lowest BCUT2D eigenvalue weighted by atomic mass is 10.1. The van der Waals surface area contributed by atoms with Crippen molar-refractivity contribution in [1.29, 1.82) is 0 Å². The van der Waals surface area contributed by atoms with Crippen LogP contribution in [0.2, 0.25) is 0 Å². The molecule has 0 spiro atoms. The van der Waals surface area contributed by atoms with Crippen molar-refractivity contribution in [3.8, 4) is 0 Å². The van der Waals surface area contributed by atoms with Gasteiger partial charge in [0.25, 0.3) is 5.91 Å². The summed E-state index contributed by atoms with van der Waals surface area (Å²) in [5.41, 5.74) is 5.75. The van der Waals surface area contributed by atoms with E-state index in [2.05, 4.69) is 15.6 Å². The van der Waals surface area contributed by atoms with E-state index in [4.69, 9.17) is 0 Å². The predicted octanol–water partition coefficient (Wildman–Crippen LogP) is 1.10. The van der Waals surface area contributed by atoms with E-state index in [1.54, 1.807) is 19.2 Å². The standard InChI is InChI=1S/C10H11N3OS/c1-11-10(14)8-4-2-7(3-5-8)9-6-15-13-12-9/h2-6,12-13H,1H3,(H,11,14). The van der Waals surface area contributed by atoms with E-state index in [-0.39, 0.29) is 5.91 Å². The Morgan fingerprint density at radius 2 is 2.07 bits per heavy atom. The van der Waals surface area contributed by atoms with Gasteiger partial charge in [0.2, 0.25) is 0 Å². The molecule has 5 heteroatoms. The summed E-state index contributed by atoms with van der Waals surface area (Å²) in [5.74, 6) is -0.0672. The Morgan fingerprint density at radius 1 is 1.33 bits per heavy atom. The third-order valence-corrected chi connectivity index (χ3v) is 2.68. The molecule has 1 aliphatic rings. The maximum Gasteiger partial charge on any atom is 0.251 e. The van der Waals surface area contributed by atoms with E-state index in [0.29, 0.717) is 5.56 Å². The lowest BCUT2D eigenvalue weighted by Crippen LogP contribution is -2.19. The number of hydrogen-bond donors (Lipinski definition) is 3. The largest absolute Gasteiger partial charge is 0.355 e. The van der Waals surface area contributed by atoms with Crippen LogP contribution in [0, 0.1) is 0 Å². The van der Waals surface area contributed by atoms with Crippen LogP contribution < -0.4 is 15.6 Å². The third-order valence-electron chi connectivity index (χ3n) is 2.11. The average molecular weight is 221 g/mol. The minimum absolute atomic E-state index is 0.0672. The van der Waals surface area contributed by atoms with Crippen molar-refractivity contribution in [3.05, 3.63) is 40.8 Å². The van der Waals surface area contributed by atoms with Gasteiger partial charge in [0.05, 0.1) is 5.70 Å². The first-order chi connectivity index (χ1) is 7.31. The molecule has 0 radical (unpaired) electrons. The number of hydrazine groups is 1. The second-order valence-electron chi connectivity index (χ2n) is 3.03. The summed E-state index contributed by atoms with van der Waals surface area (Å²) >= 11 is 1.49. The molecule has 0 bridgehead atoms. The molecule has 0 fully saturated rings. The molecular formula is C10H11N3OS. The first-order valence-electron chi connectivity index (χ1n) is 4.50. The molecule has 0 saturated carbocycles. The highest BCUT2D eigenvalue weighted by molar-refractivity contribution is 8.00. The highest BCUT2D eigenvalue weighted by atomic mass is 32.2. The molecule has 0 aliphatic carbocycles. The predicted molar refractivity (Wildman–Crippen MR) is 61.7 cm³/mol. The minimum atomic E-state index is -0.0672. The van der Waals surface area contributed by atoms with Gasteiger partial charge in [-0.1, -0.05) is 12.1 Å². The quantitative estimate of drug-likeness (QED) is 0.655. The molecule has 2 rings (SSSR count). The number of nitrogens with one attached hydrogen (secondary N) is 3. The highest BCUT2D eigenvalue weighted by Crippen LogP contribution is 2.19. The average Bonchev–Trinajstić information content (AvgIpc) is 2.82. The number of amides is 1. The van der Waals surface area contributed by atoms with Gasteiger partial charge in [-0.15, -0.1) is 0 Å². The summed E-state index contributed by atoms with van der Waals surface area (Å²) in [4.78, 5) is 14.2. The van der Waals surface area contributed by atoms with Gasteiger partial charge in [-0.2, -0.15) is 4.83 Å². The normalized spacial score (nSPS) is 14.3.